The number of phenolic OH excluding ortho intramolecular Hbond substituents is 1. The summed E-state index contributed by atoms with van der Waals surface area (Å²) in [4.78, 5) is 16.8. The van der Waals surface area contributed by atoms with Crippen LogP contribution in [0.4, 0.5) is 8.78 Å². The van der Waals surface area contributed by atoms with E-state index in [0.29, 0.717) is 25.8 Å². The second kappa shape index (κ2) is 9.25. The van der Waals surface area contributed by atoms with Crippen LogP contribution in [0.3, 0.4) is 0 Å². The van der Waals surface area contributed by atoms with Gasteiger partial charge in [-0.2, -0.15) is 0 Å². The molecule has 1 aliphatic carbocycles. The van der Waals surface area contributed by atoms with Gasteiger partial charge in [0.05, 0.1) is 0 Å². The van der Waals surface area contributed by atoms with Crippen LogP contribution in [0.15, 0.2) is 36.4 Å². The molecule has 1 aromatic carbocycles. The van der Waals surface area contributed by atoms with Crippen molar-refractivity contribution in [1.29, 1.82) is 0 Å². The molecule has 4 nitrogen and oxygen atoms in total. The monoisotopic (exact) mass is 450 g/mol. The van der Waals surface area contributed by atoms with Crippen LogP contribution in [-0.2, 0) is 11.2 Å². The largest absolute Gasteiger partial charge is 0.508 e. The predicted octanol–water partition coefficient (Wildman–Crippen LogP) is 4.96. The zero-order valence-electron chi connectivity index (χ0n) is 18.6. The van der Waals surface area contributed by atoms with Crippen LogP contribution in [0, 0.1) is 12.3 Å². The smallest absolute Gasteiger partial charge is 0.251 e. The minimum Gasteiger partial charge on any atom is -0.508 e. The second-order valence-electron chi connectivity index (χ2n) is 9.04. The Kier molecular flexibility index (Phi) is 7.06. The Morgan fingerprint density at radius 3 is 2.35 bits per heavy atom. The number of hydrogen-bond acceptors (Lipinski definition) is 4. The van der Waals surface area contributed by atoms with Gasteiger partial charge in [0.25, 0.3) is 5.92 Å². The Labute approximate surface area is 187 Å². The first kappa shape index (κ1) is 23.7. The van der Waals surface area contributed by atoms with Gasteiger partial charge in [0.15, 0.2) is 0 Å². The maximum Gasteiger partial charge on any atom is 0.251 e. The van der Waals surface area contributed by atoms with Gasteiger partial charge in [-0.1, -0.05) is 12.1 Å². The quantitative estimate of drug-likeness (QED) is 0.538. The number of carbonyl (C=O) groups is 1. The van der Waals surface area contributed by atoms with E-state index in [1.54, 1.807) is 12.1 Å². The van der Waals surface area contributed by atoms with Crippen molar-refractivity contribution in [3.8, 4) is 5.75 Å². The van der Waals surface area contributed by atoms with E-state index in [1.165, 1.54) is 11.3 Å². The maximum absolute atomic E-state index is 14.5. The highest BCUT2D eigenvalue weighted by Gasteiger charge is 2.63. The van der Waals surface area contributed by atoms with Crippen molar-refractivity contribution in [2.75, 3.05) is 20.6 Å². The van der Waals surface area contributed by atoms with Crippen molar-refractivity contribution in [1.82, 2.24) is 10.2 Å². The number of thiophene rings is 1. The third-order valence-electron chi connectivity index (χ3n) is 6.50. The van der Waals surface area contributed by atoms with Crippen LogP contribution in [0.25, 0.3) is 0 Å². The lowest BCUT2D eigenvalue weighted by Crippen LogP contribution is -2.42. The molecule has 1 heterocycles. The van der Waals surface area contributed by atoms with Crippen molar-refractivity contribution in [3.63, 3.8) is 0 Å². The van der Waals surface area contributed by atoms with Crippen LogP contribution >= 0.6 is 11.3 Å². The summed E-state index contributed by atoms with van der Waals surface area (Å²) in [6.07, 6.45) is 1.68. The Morgan fingerprint density at radius 2 is 1.87 bits per heavy atom. The summed E-state index contributed by atoms with van der Waals surface area (Å²) in [6, 6.07) is 10.9. The first-order chi connectivity index (χ1) is 14.5. The molecule has 1 fully saturated rings. The molecule has 0 unspecified atom stereocenters. The fourth-order valence-corrected chi connectivity index (χ4v) is 5.36. The Balaban J connectivity index is 1.67. The van der Waals surface area contributed by atoms with E-state index in [1.807, 2.05) is 50.2 Å². The molecule has 0 radical (unpaired) electrons. The fourth-order valence-electron chi connectivity index (χ4n) is 4.27. The van der Waals surface area contributed by atoms with E-state index >= 15 is 0 Å². The summed E-state index contributed by atoms with van der Waals surface area (Å²) in [5, 5.41) is 12.4. The van der Waals surface area contributed by atoms with E-state index in [2.05, 4.69) is 5.32 Å². The lowest BCUT2D eigenvalue weighted by molar-refractivity contribution is -0.123. The average molecular weight is 451 g/mol. The SMILES string of the molecule is Cc1ccc([C@@H](CC(=O)NC[C@H](Cc2ccc(O)cc2)N(C)C)C2(C(C)(F)F)CC2)s1. The number of aryl methyl sites for hydroxylation is 1. The summed E-state index contributed by atoms with van der Waals surface area (Å²) >= 11 is 1.51. The number of carbonyl (C=O) groups excluding carboxylic acids is 1. The molecule has 0 bridgehead atoms. The maximum atomic E-state index is 14.5. The highest BCUT2D eigenvalue weighted by molar-refractivity contribution is 7.12. The lowest BCUT2D eigenvalue weighted by Gasteiger charge is -2.31. The molecule has 2 aromatic rings. The van der Waals surface area contributed by atoms with Crippen molar-refractivity contribution in [2.45, 2.75) is 57.4 Å². The number of halogens is 2. The van der Waals surface area contributed by atoms with Gasteiger partial charge < -0.3 is 15.3 Å². The third-order valence-corrected chi connectivity index (χ3v) is 7.61. The molecular formula is C24H32F2N2O2S. The van der Waals surface area contributed by atoms with Gasteiger partial charge in [-0.15, -0.1) is 11.3 Å². The molecule has 0 spiro atoms. The first-order valence-corrected chi connectivity index (χ1v) is 11.5. The topological polar surface area (TPSA) is 52.6 Å². The van der Waals surface area contributed by atoms with Crippen LogP contribution in [0.1, 0.15) is 47.4 Å². The number of hydrogen-bond donors (Lipinski definition) is 2. The zero-order valence-corrected chi connectivity index (χ0v) is 19.4. The number of amides is 1. The number of phenols is 1. The molecule has 1 amide bonds. The number of nitrogens with one attached hydrogen (secondary N) is 1. The molecule has 1 aliphatic rings. The average Bonchev–Trinajstić information content (AvgIpc) is 3.40. The van der Waals surface area contributed by atoms with E-state index in [4.69, 9.17) is 0 Å². The molecule has 2 N–H and O–H groups in total. The normalized spacial score (nSPS) is 17.4. The summed E-state index contributed by atoms with van der Waals surface area (Å²) in [6.45, 7) is 3.38. The Morgan fingerprint density at radius 1 is 1.23 bits per heavy atom. The van der Waals surface area contributed by atoms with Crippen LogP contribution in [0.2, 0.25) is 0 Å². The Bertz CT molecular complexity index is 886. The summed E-state index contributed by atoms with van der Waals surface area (Å²) in [5.41, 5.74) is -0.0607. The van der Waals surface area contributed by atoms with Gasteiger partial charge in [-0.05, 0) is 77.0 Å². The van der Waals surface area contributed by atoms with Crippen molar-refractivity contribution in [2.24, 2.45) is 5.41 Å². The fraction of sp³-hybridized carbons (Fsp3) is 0.542. The highest BCUT2D eigenvalue weighted by atomic mass is 32.1. The van der Waals surface area contributed by atoms with E-state index in [-0.39, 0.29) is 24.1 Å². The van der Waals surface area contributed by atoms with E-state index in [0.717, 1.165) is 22.2 Å². The van der Waals surface area contributed by atoms with E-state index in [9.17, 15) is 18.7 Å². The summed E-state index contributed by atoms with van der Waals surface area (Å²) in [5.74, 6) is -3.26. The van der Waals surface area contributed by atoms with Gasteiger partial charge in [-0.3, -0.25) is 4.79 Å². The lowest BCUT2D eigenvalue weighted by atomic mass is 9.80. The van der Waals surface area contributed by atoms with Gasteiger partial charge in [0.1, 0.15) is 5.75 Å². The number of benzene rings is 1. The molecule has 1 saturated carbocycles. The number of likely N-dealkylation sites (N-methyl/N-ethyl adjacent to an activating group) is 1. The molecule has 170 valence electrons. The number of alkyl halides is 2. The molecular weight excluding hydrogens is 418 g/mol. The minimum atomic E-state index is -2.82. The molecule has 0 aliphatic heterocycles. The molecule has 0 saturated heterocycles. The minimum absolute atomic E-state index is 0.0541. The highest BCUT2D eigenvalue weighted by Crippen LogP contribution is 2.66. The standard InChI is InChI=1S/C24H32F2N2O2S/c1-16-5-10-21(31-16)20(24(11-12-24)23(2,25)26)14-22(30)27-15-18(28(3)4)13-17-6-8-19(29)9-7-17/h5-10,18,20,29H,11-15H2,1-4H3,(H,27,30)/t18-,20+/m0/s1. The van der Waals surface area contributed by atoms with Crippen LogP contribution in [0.5, 0.6) is 5.75 Å². The van der Waals surface area contributed by atoms with Crippen molar-refractivity contribution in [3.05, 3.63) is 51.7 Å². The summed E-state index contributed by atoms with van der Waals surface area (Å²) < 4.78 is 29.0. The van der Waals surface area contributed by atoms with Gasteiger partial charge in [-0.25, -0.2) is 8.78 Å². The van der Waals surface area contributed by atoms with Gasteiger partial charge in [0.2, 0.25) is 5.91 Å². The molecule has 1 aromatic heterocycles. The van der Waals surface area contributed by atoms with Gasteiger partial charge in [0, 0.05) is 40.1 Å². The molecule has 31 heavy (non-hydrogen) atoms. The predicted molar refractivity (Wildman–Crippen MR) is 121 cm³/mol. The molecule has 3 rings (SSSR count). The number of aromatic hydroxyl groups is 1. The van der Waals surface area contributed by atoms with Crippen molar-refractivity contribution < 1.29 is 18.7 Å². The number of rotatable bonds is 10. The third kappa shape index (κ3) is 5.63. The van der Waals surface area contributed by atoms with Gasteiger partial charge >= 0.3 is 0 Å². The first-order valence-electron chi connectivity index (χ1n) is 10.7. The summed E-state index contributed by atoms with van der Waals surface area (Å²) in [7, 11) is 3.90. The number of nitrogens with zero attached hydrogens (tertiary/aromatic N) is 1. The van der Waals surface area contributed by atoms with Crippen molar-refractivity contribution >= 4 is 17.2 Å². The zero-order chi connectivity index (χ0) is 22.8. The van der Waals surface area contributed by atoms with Crippen LogP contribution < -0.4 is 5.32 Å². The Hall–Kier alpha value is -1.99. The molecule has 7 heteroatoms. The second-order valence-corrected chi connectivity index (χ2v) is 10.4. The van der Waals surface area contributed by atoms with E-state index < -0.39 is 17.3 Å². The van der Waals surface area contributed by atoms with Crippen LogP contribution in [-0.4, -0.2) is 48.5 Å². The molecule has 2 atom stereocenters.